The van der Waals surface area contributed by atoms with E-state index < -0.39 is 5.97 Å². The fourth-order valence-electron chi connectivity index (χ4n) is 2.27. The first-order valence-corrected chi connectivity index (χ1v) is 7.11. The molecule has 1 aromatic heterocycles. The highest BCUT2D eigenvalue weighted by atomic mass is 16.4. The van der Waals surface area contributed by atoms with Crippen LogP contribution < -0.4 is 0 Å². The Morgan fingerprint density at radius 2 is 1.90 bits per heavy atom. The van der Waals surface area contributed by atoms with E-state index in [0.717, 1.165) is 25.2 Å². The van der Waals surface area contributed by atoms with E-state index in [1.165, 1.54) is 0 Å². The second kappa shape index (κ2) is 6.99. The molecular weight excluding hydrogens is 268 g/mol. The quantitative estimate of drug-likeness (QED) is 0.843. The summed E-state index contributed by atoms with van der Waals surface area (Å²) in [6.45, 7) is 7.55. The van der Waals surface area contributed by atoms with E-state index in [4.69, 9.17) is 0 Å². The van der Waals surface area contributed by atoms with Crippen molar-refractivity contribution in [1.82, 2.24) is 19.9 Å². The highest BCUT2D eigenvalue weighted by molar-refractivity contribution is 5.92. The highest BCUT2D eigenvalue weighted by Gasteiger charge is 2.20. The molecule has 0 aliphatic carbocycles. The van der Waals surface area contributed by atoms with Gasteiger partial charge in [0.15, 0.2) is 5.69 Å². The molecule has 112 valence electrons. The predicted molar refractivity (Wildman–Crippen MR) is 80.2 cm³/mol. The number of carbonyl (C=O) groups is 1. The zero-order chi connectivity index (χ0) is 15.2. The summed E-state index contributed by atoms with van der Waals surface area (Å²) in [6, 6.07) is 9.40. The van der Waals surface area contributed by atoms with Gasteiger partial charge in [-0.25, -0.2) is 9.48 Å². The third-order valence-electron chi connectivity index (χ3n) is 3.51. The molecule has 0 fully saturated rings. The maximum absolute atomic E-state index is 11.3. The number of benzene rings is 1. The summed E-state index contributed by atoms with van der Waals surface area (Å²) in [7, 11) is 0. The standard InChI is InChI=1S/C15H20N4O2/c1-3-18(4-2)10-11-19-14(12-8-6-5-7-9-12)13(15(20)21)16-17-19/h5-9H,3-4,10-11H2,1-2H3,(H,20,21). The lowest BCUT2D eigenvalue weighted by atomic mass is 10.1. The normalized spacial score (nSPS) is 11.0. The Morgan fingerprint density at radius 1 is 1.24 bits per heavy atom. The van der Waals surface area contributed by atoms with Crippen molar-refractivity contribution >= 4 is 5.97 Å². The molecule has 21 heavy (non-hydrogen) atoms. The summed E-state index contributed by atoms with van der Waals surface area (Å²) in [5.41, 5.74) is 1.38. The number of likely N-dealkylation sites (N-methyl/N-ethyl adjacent to an activating group) is 1. The lowest BCUT2D eigenvalue weighted by Crippen LogP contribution is -2.27. The van der Waals surface area contributed by atoms with E-state index >= 15 is 0 Å². The summed E-state index contributed by atoms with van der Waals surface area (Å²) in [4.78, 5) is 13.6. The van der Waals surface area contributed by atoms with Gasteiger partial charge in [0.25, 0.3) is 0 Å². The minimum Gasteiger partial charge on any atom is -0.476 e. The van der Waals surface area contributed by atoms with E-state index in [2.05, 4.69) is 29.1 Å². The van der Waals surface area contributed by atoms with Crippen LogP contribution in [0.4, 0.5) is 0 Å². The Balaban J connectivity index is 2.32. The molecule has 0 spiro atoms. The van der Waals surface area contributed by atoms with Crippen LogP contribution in [0.2, 0.25) is 0 Å². The van der Waals surface area contributed by atoms with Gasteiger partial charge in [-0.3, -0.25) is 0 Å². The van der Waals surface area contributed by atoms with Crippen LogP contribution in [0.5, 0.6) is 0 Å². The van der Waals surface area contributed by atoms with E-state index in [1.54, 1.807) is 4.68 Å². The minimum atomic E-state index is -1.05. The first kappa shape index (κ1) is 15.2. The summed E-state index contributed by atoms with van der Waals surface area (Å²) in [5, 5.41) is 17.1. The molecule has 0 saturated carbocycles. The largest absolute Gasteiger partial charge is 0.476 e. The number of hydrogen-bond donors (Lipinski definition) is 1. The Hall–Kier alpha value is -2.21. The molecule has 6 nitrogen and oxygen atoms in total. The van der Waals surface area contributed by atoms with Crippen LogP contribution in [0.15, 0.2) is 30.3 Å². The van der Waals surface area contributed by atoms with E-state index in [0.29, 0.717) is 12.2 Å². The van der Waals surface area contributed by atoms with Gasteiger partial charge in [0.1, 0.15) is 5.69 Å². The van der Waals surface area contributed by atoms with E-state index in [-0.39, 0.29) is 5.69 Å². The highest BCUT2D eigenvalue weighted by Crippen LogP contribution is 2.22. The minimum absolute atomic E-state index is 0.000692. The maximum Gasteiger partial charge on any atom is 0.358 e. The molecule has 0 aliphatic rings. The molecule has 0 aliphatic heterocycles. The Labute approximate surface area is 124 Å². The molecule has 0 unspecified atom stereocenters. The van der Waals surface area contributed by atoms with Crippen molar-refractivity contribution in [1.29, 1.82) is 0 Å². The molecule has 2 aromatic rings. The van der Waals surface area contributed by atoms with Crippen molar-refractivity contribution in [3.63, 3.8) is 0 Å². The third-order valence-corrected chi connectivity index (χ3v) is 3.51. The first-order chi connectivity index (χ1) is 10.2. The number of aromatic nitrogens is 3. The summed E-state index contributed by atoms with van der Waals surface area (Å²) in [5.74, 6) is -1.05. The Kier molecular flexibility index (Phi) is 5.05. The maximum atomic E-state index is 11.3. The topological polar surface area (TPSA) is 71.2 Å². The molecule has 0 bridgehead atoms. The van der Waals surface area contributed by atoms with Crippen LogP contribution >= 0.6 is 0 Å². The van der Waals surface area contributed by atoms with Gasteiger partial charge < -0.3 is 10.0 Å². The summed E-state index contributed by atoms with van der Waals surface area (Å²) < 4.78 is 1.68. The molecule has 1 heterocycles. The smallest absolute Gasteiger partial charge is 0.358 e. The predicted octanol–water partition coefficient (Wildman–Crippen LogP) is 1.99. The van der Waals surface area contributed by atoms with E-state index in [9.17, 15) is 9.90 Å². The molecule has 6 heteroatoms. The van der Waals surface area contributed by atoms with Crippen molar-refractivity contribution in [3.05, 3.63) is 36.0 Å². The zero-order valence-electron chi connectivity index (χ0n) is 12.4. The number of rotatable bonds is 7. The first-order valence-electron chi connectivity index (χ1n) is 7.11. The Morgan fingerprint density at radius 3 is 2.48 bits per heavy atom. The van der Waals surface area contributed by atoms with Gasteiger partial charge >= 0.3 is 5.97 Å². The molecule has 0 atom stereocenters. The van der Waals surface area contributed by atoms with Crippen LogP contribution in [0, 0.1) is 0 Å². The summed E-state index contributed by atoms with van der Waals surface area (Å²) in [6.07, 6.45) is 0. The molecule has 2 rings (SSSR count). The number of carboxylic acids is 1. The number of hydrogen-bond acceptors (Lipinski definition) is 4. The van der Waals surface area contributed by atoms with Crippen LogP contribution in [0.3, 0.4) is 0 Å². The van der Waals surface area contributed by atoms with Crippen molar-refractivity contribution in [2.75, 3.05) is 19.6 Å². The van der Waals surface area contributed by atoms with Crippen LogP contribution in [-0.4, -0.2) is 50.6 Å². The lowest BCUT2D eigenvalue weighted by Gasteiger charge is -2.18. The Bertz CT molecular complexity index is 591. The van der Waals surface area contributed by atoms with Crippen LogP contribution in [0.25, 0.3) is 11.3 Å². The molecular formula is C15H20N4O2. The van der Waals surface area contributed by atoms with Gasteiger partial charge in [-0.1, -0.05) is 49.4 Å². The third kappa shape index (κ3) is 3.46. The van der Waals surface area contributed by atoms with Crippen molar-refractivity contribution in [3.8, 4) is 11.3 Å². The number of nitrogens with zero attached hydrogens (tertiary/aromatic N) is 4. The van der Waals surface area contributed by atoms with Gasteiger partial charge in [0.05, 0.1) is 6.54 Å². The fourth-order valence-corrected chi connectivity index (χ4v) is 2.27. The fraction of sp³-hybridized carbons (Fsp3) is 0.400. The molecule has 1 aromatic carbocycles. The van der Waals surface area contributed by atoms with Gasteiger partial charge in [0, 0.05) is 12.1 Å². The average molecular weight is 288 g/mol. The zero-order valence-corrected chi connectivity index (χ0v) is 12.4. The van der Waals surface area contributed by atoms with Crippen molar-refractivity contribution in [2.45, 2.75) is 20.4 Å². The van der Waals surface area contributed by atoms with Crippen molar-refractivity contribution < 1.29 is 9.90 Å². The van der Waals surface area contributed by atoms with Crippen molar-refractivity contribution in [2.24, 2.45) is 0 Å². The summed E-state index contributed by atoms with van der Waals surface area (Å²) >= 11 is 0. The second-order valence-electron chi connectivity index (χ2n) is 4.71. The lowest BCUT2D eigenvalue weighted by molar-refractivity contribution is 0.0691. The van der Waals surface area contributed by atoms with Crippen LogP contribution in [-0.2, 0) is 6.54 Å². The monoisotopic (exact) mass is 288 g/mol. The average Bonchev–Trinajstić information content (AvgIpc) is 2.93. The molecule has 0 saturated heterocycles. The van der Waals surface area contributed by atoms with E-state index in [1.807, 2.05) is 30.3 Å². The van der Waals surface area contributed by atoms with Gasteiger partial charge in [-0.2, -0.15) is 0 Å². The molecule has 1 N–H and O–H groups in total. The van der Waals surface area contributed by atoms with Gasteiger partial charge in [0.2, 0.25) is 0 Å². The second-order valence-corrected chi connectivity index (χ2v) is 4.71. The SMILES string of the molecule is CCN(CC)CCn1nnc(C(=O)O)c1-c1ccccc1. The number of aromatic carboxylic acids is 1. The molecule has 0 radical (unpaired) electrons. The van der Waals surface area contributed by atoms with Gasteiger partial charge in [-0.05, 0) is 13.1 Å². The molecule has 0 amide bonds. The van der Waals surface area contributed by atoms with Gasteiger partial charge in [-0.15, -0.1) is 5.10 Å². The van der Waals surface area contributed by atoms with Crippen LogP contribution in [0.1, 0.15) is 24.3 Å². The number of carboxylic acid groups (broad SMARTS) is 1.